The maximum absolute atomic E-state index is 13.6. The Morgan fingerprint density at radius 3 is 2.25 bits per heavy atom. The van der Waals surface area contributed by atoms with E-state index in [1.807, 2.05) is 18.2 Å². The van der Waals surface area contributed by atoms with Crippen molar-refractivity contribution in [2.75, 3.05) is 11.9 Å². The zero-order chi connectivity index (χ0) is 22.9. The normalized spacial score (nSPS) is 10.3. The number of halogens is 2. The Bertz CT molecular complexity index is 1100. The zero-order valence-corrected chi connectivity index (χ0v) is 16.9. The highest BCUT2D eigenvalue weighted by Gasteiger charge is 2.13. The first-order chi connectivity index (χ1) is 15.4. The van der Waals surface area contributed by atoms with Gasteiger partial charge in [-0.15, -0.1) is 0 Å². The second-order valence-corrected chi connectivity index (χ2v) is 6.81. The van der Waals surface area contributed by atoms with E-state index in [0.29, 0.717) is 22.9 Å². The Hall–Kier alpha value is -4.07. The van der Waals surface area contributed by atoms with E-state index >= 15 is 0 Å². The molecule has 0 aliphatic heterocycles. The highest BCUT2D eigenvalue weighted by atomic mass is 19.1. The largest absolute Gasteiger partial charge is 0.461 e. The zero-order valence-electron chi connectivity index (χ0n) is 16.9. The van der Waals surface area contributed by atoms with Gasteiger partial charge >= 0.3 is 5.97 Å². The molecule has 0 unspecified atom stereocenters. The maximum atomic E-state index is 13.6. The smallest absolute Gasteiger partial charge is 0.307 e. The van der Waals surface area contributed by atoms with Gasteiger partial charge in [-0.05, 0) is 42.0 Å². The molecule has 32 heavy (non-hydrogen) atoms. The number of nitrogens with one attached hydrogen (secondary N) is 2. The van der Waals surface area contributed by atoms with E-state index < -0.39 is 23.5 Å². The summed E-state index contributed by atoms with van der Waals surface area (Å²) >= 11 is 0. The molecule has 0 saturated heterocycles. The van der Waals surface area contributed by atoms with Gasteiger partial charge in [0.2, 0.25) is 0 Å². The number of amides is 2. The number of hydrogen-bond acceptors (Lipinski definition) is 4. The Kier molecular flexibility index (Phi) is 7.64. The van der Waals surface area contributed by atoms with E-state index in [9.17, 15) is 23.2 Å². The summed E-state index contributed by atoms with van der Waals surface area (Å²) in [6.07, 6.45) is -0.119. The lowest BCUT2D eigenvalue weighted by molar-refractivity contribution is -0.144. The molecule has 0 heterocycles. The van der Waals surface area contributed by atoms with Crippen LogP contribution in [0.4, 0.5) is 14.5 Å². The Morgan fingerprint density at radius 1 is 0.844 bits per heavy atom. The molecule has 0 spiro atoms. The van der Waals surface area contributed by atoms with Gasteiger partial charge in [0, 0.05) is 23.9 Å². The van der Waals surface area contributed by atoms with Crippen LogP contribution in [0.1, 0.15) is 32.7 Å². The molecule has 3 aromatic rings. The fraction of sp³-hybridized carbons (Fsp3) is 0.125. The van der Waals surface area contributed by atoms with Gasteiger partial charge in [0.1, 0.15) is 18.2 Å². The van der Waals surface area contributed by atoms with Crippen molar-refractivity contribution in [3.8, 4) is 0 Å². The highest BCUT2D eigenvalue weighted by Crippen LogP contribution is 2.11. The number of anilines is 1. The fourth-order valence-corrected chi connectivity index (χ4v) is 2.76. The lowest BCUT2D eigenvalue weighted by Crippen LogP contribution is -2.27. The average Bonchev–Trinajstić information content (AvgIpc) is 2.78. The molecule has 8 heteroatoms. The number of ether oxygens (including phenoxy) is 1. The summed E-state index contributed by atoms with van der Waals surface area (Å²) in [4.78, 5) is 36.0. The van der Waals surface area contributed by atoms with Gasteiger partial charge in [-0.3, -0.25) is 14.4 Å². The van der Waals surface area contributed by atoms with Gasteiger partial charge < -0.3 is 15.4 Å². The van der Waals surface area contributed by atoms with Crippen LogP contribution in [-0.4, -0.2) is 24.3 Å². The van der Waals surface area contributed by atoms with Gasteiger partial charge in [0.05, 0.1) is 12.0 Å². The van der Waals surface area contributed by atoms with Crippen LogP contribution < -0.4 is 10.6 Å². The molecular weight excluding hydrogens is 418 g/mol. The van der Waals surface area contributed by atoms with Crippen molar-refractivity contribution in [3.05, 3.63) is 101 Å². The third kappa shape index (κ3) is 6.46. The van der Waals surface area contributed by atoms with Crippen molar-refractivity contribution in [2.45, 2.75) is 13.0 Å². The van der Waals surface area contributed by atoms with Crippen LogP contribution in [0, 0.1) is 11.6 Å². The average molecular weight is 438 g/mol. The van der Waals surface area contributed by atoms with E-state index in [2.05, 4.69) is 10.6 Å². The third-order valence-corrected chi connectivity index (χ3v) is 4.44. The quantitative estimate of drug-likeness (QED) is 0.519. The molecule has 0 atom stereocenters. The number of carbonyl (C=O) groups excluding carboxylic acids is 3. The van der Waals surface area contributed by atoms with Crippen LogP contribution in [0.2, 0.25) is 0 Å². The molecule has 0 aliphatic carbocycles. The minimum Gasteiger partial charge on any atom is -0.461 e. The van der Waals surface area contributed by atoms with Gasteiger partial charge in [-0.2, -0.15) is 0 Å². The molecule has 0 fully saturated rings. The van der Waals surface area contributed by atoms with Gasteiger partial charge in [-0.1, -0.05) is 30.3 Å². The van der Waals surface area contributed by atoms with Crippen LogP contribution in [0.5, 0.6) is 0 Å². The lowest BCUT2D eigenvalue weighted by atomic mass is 10.1. The number of benzene rings is 3. The van der Waals surface area contributed by atoms with E-state index in [-0.39, 0.29) is 31.0 Å². The van der Waals surface area contributed by atoms with Crippen molar-refractivity contribution >= 4 is 23.5 Å². The SMILES string of the molecule is O=C(CCNC(=O)c1ccc(F)cc1F)OCc1ccc(C(=O)Nc2ccccc2)cc1. The van der Waals surface area contributed by atoms with Crippen LogP contribution in [0.15, 0.2) is 72.8 Å². The second kappa shape index (κ2) is 10.8. The first-order valence-corrected chi connectivity index (χ1v) is 9.76. The van der Waals surface area contributed by atoms with Crippen molar-refractivity contribution < 1.29 is 27.9 Å². The van der Waals surface area contributed by atoms with Crippen molar-refractivity contribution in [1.29, 1.82) is 0 Å². The summed E-state index contributed by atoms with van der Waals surface area (Å²) in [5.74, 6) is -3.33. The molecule has 3 rings (SSSR count). The molecule has 2 N–H and O–H groups in total. The monoisotopic (exact) mass is 438 g/mol. The molecule has 0 bridgehead atoms. The van der Waals surface area contributed by atoms with Gasteiger partial charge in [0.15, 0.2) is 0 Å². The number of esters is 1. The predicted molar refractivity (Wildman–Crippen MR) is 114 cm³/mol. The summed E-state index contributed by atoms with van der Waals surface area (Å²) in [6, 6.07) is 18.3. The van der Waals surface area contributed by atoms with E-state index in [1.54, 1.807) is 36.4 Å². The molecule has 0 radical (unpaired) electrons. The topological polar surface area (TPSA) is 84.5 Å². The minimum atomic E-state index is -0.981. The number of rotatable bonds is 8. The summed E-state index contributed by atoms with van der Waals surface area (Å²) in [6.45, 7) is -0.0625. The third-order valence-electron chi connectivity index (χ3n) is 4.44. The summed E-state index contributed by atoms with van der Waals surface area (Å²) < 4.78 is 31.6. The minimum absolute atomic E-state index is 0.0000453. The lowest BCUT2D eigenvalue weighted by Gasteiger charge is -2.08. The van der Waals surface area contributed by atoms with Crippen LogP contribution in [0.25, 0.3) is 0 Å². The van der Waals surface area contributed by atoms with Crippen LogP contribution in [0.3, 0.4) is 0 Å². The summed E-state index contributed by atoms with van der Waals surface area (Å²) in [5.41, 5.74) is 1.52. The van der Waals surface area contributed by atoms with E-state index in [1.165, 1.54) is 0 Å². The standard InChI is InChI=1S/C24H20F2N2O4/c25-18-10-11-20(21(26)14-18)24(31)27-13-12-22(29)32-15-16-6-8-17(9-7-16)23(30)28-19-4-2-1-3-5-19/h1-11,14H,12-13,15H2,(H,27,31)(H,28,30). The van der Waals surface area contributed by atoms with E-state index in [4.69, 9.17) is 4.74 Å². The predicted octanol–water partition coefficient (Wildman–Crippen LogP) is 4.08. The van der Waals surface area contributed by atoms with Crippen molar-refractivity contribution in [2.24, 2.45) is 0 Å². The number of hydrogen-bond donors (Lipinski definition) is 2. The highest BCUT2D eigenvalue weighted by molar-refractivity contribution is 6.04. The molecular formula is C24H20F2N2O4. The molecule has 6 nitrogen and oxygen atoms in total. The number of carbonyl (C=O) groups is 3. The van der Waals surface area contributed by atoms with E-state index in [0.717, 1.165) is 12.1 Å². The molecule has 0 saturated carbocycles. The first kappa shape index (κ1) is 22.6. The summed E-state index contributed by atoms with van der Waals surface area (Å²) in [7, 11) is 0. The molecule has 164 valence electrons. The maximum Gasteiger partial charge on any atom is 0.307 e. The summed E-state index contributed by atoms with van der Waals surface area (Å²) in [5, 5.41) is 5.16. The molecule has 0 aliphatic rings. The van der Waals surface area contributed by atoms with Gasteiger partial charge in [0.25, 0.3) is 11.8 Å². The van der Waals surface area contributed by atoms with Crippen LogP contribution in [-0.2, 0) is 16.1 Å². The Labute approximate surface area is 183 Å². The van der Waals surface area contributed by atoms with Crippen molar-refractivity contribution in [1.82, 2.24) is 5.32 Å². The molecule has 0 aromatic heterocycles. The Balaban J connectivity index is 1.41. The van der Waals surface area contributed by atoms with Gasteiger partial charge in [-0.25, -0.2) is 8.78 Å². The van der Waals surface area contributed by atoms with Crippen LogP contribution >= 0.6 is 0 Å². The first-order valence-electron chi connectivity index (χ1n) is 9.76. The second-order valence-electron chi connectivity index (χ2n) is 6.81. The van der Waals surface area contributed by atoms with Crippen molar-refractivity contribution in [3.63, 3.8) is 0 Å². The molecule has 3 aromatic carbocycles. The Morgan fingerprint density at radius 2 is 1.56 bits per heavy atom. The molecule has 2 amide bonds. The fourth-order valence-electron chi connectivity index (χ4n) is 2.76. The number of para-hydroxylation sites is 1.